The summed E-state index contributed by atoms with van der Waals surface area (Å²) in [6, 6.07) is 9.02. The van der Waals surface area contributed by atoms with Crippen LogP contribution in [0.5, 0.6) is 0 Å². The van der Waals surface area contributed by atoms with Crippen LogP contribution in [-0.2, 0) is 4.79 Å². The number of nitrogens with zero attached hydrogens (tertiary/aromatic N) is 2. The molecule has 4 N–H and O–H groups in total. The van der Waals surface area contributed by atoms with Gasteiger partial charge in [-0.15, -0.1) is 0 Å². The minimum Gasteiger partial charge on any atom is -0.409 e. The van der Waals surface area contributed by atoms with E-state index in [1.54, 1.807) is 12.1 Å². The van der Waals surface area contributed by atoms with Crippen LogP contribution in [0.4, 0.5) is 0 Å². The number of carbonyl (C=O) groups is 1. The van der Waals surface area contributed by atoms with Crippen molar-refractivity contribution in [1.29, 1.82) is 0 Å². The van der Waals surface area contributed by atoms with E-state index in [0.717, 1.165) is 0 Å². The first-order valence-electron chi connectivity index (χ1n) is 6.77. The number of hydrogen-bond donors (Lipinski definition) is 3. The van der Waals surface area contributed by atoms with Crippen molar-refractivity contribution in [3.63, 3.8) is 0 Å². The molecule has 0 bridgehead atoms. The van der Waals surface area contributed by atoms with Gasteiger partial charge in [-0.2, -0.15) is 0 Å². The van der Waals surface area contributed by atoms with Crippen LogP contribution in [0.1, 0.15) is 25.3 Å². The van der Waals surface area contributed by atoms with Gasteiger partial charge in [0.1, 0.15) is 5.92 Å². The highest BCUT2D eigenvalue weighted by molar-refractivity contribution is 6.07. The van der Waals surface area contributed by atoms with Crippen molar-refractivity contribution in [1.82, 2.24) is 10.2 Å². The first-order valence-corrected chi connectivity index (χ1v) is 6.77. The molecule has 21 heavy (non-hydrogen) atoms. The van der Waals surface area contributed by atoms with Crippen molar-refractivity contribution in [2.45, 2.75) is 25.3 Å². The molecule has 0 aromatic heterocycles. The van der Waals surface area contributed by atoms with Crippen LogP contribution in [0.15, 0.2) is 35.5 Å². The van der Waals surface area contributed by atoms with Crippen molar-refractivity contribution in [3.05, 3.63) is 35.9 Å². The Hall–Kier alpha value is -2.08. The fraction of sp³-hybridized carbons (Fsp3) is 0.467. The van der Waals surface area contributed by atoms with Crippen LogP contribution >= 0.6 is 0 Å². The summed E-state index contributed by atoms with van der Waals surface area (Å²) in [6.45, 7) is 4.50. The van der Waals surface area contributed by atoms with Crippen LogP contribution in [0.25, 0.3) is 0 Å². The molecule has 1 unspecified atom stereocenters. The summed E-state index contributed by atoms with van der Waals surface area (Å²) in [7, 11) is 3.90. The lowest BCUT2D eigenvalue weighted by Gasteiger charge is -2.33. The summed E-state index contributed by atoms with van der Waals surface area (Å²) < 4.78 is 0. The Kier molecular flexibility index (Phi) is 5.72. The lowest BCUT2D eigenvalue weighted by molar-refractivity contribution is -0.121. The van der Waals surface area contributed by atoms with E-state index in [4.69, 9.17) is 10.9 Å². The average molecular weight is 292 g/mol. The Labute approximate surface area is 125 Å². The second-order valence-electron chi connectivity index (χ2n) is 5.79. The third-order valence-corrected chi connectivity index (χ3v) is 3.71. The Bertz CT molecular complexity index is 498. The van der Waals surface area contributed by atoms with Crippen LogP contribution in [-0.4, -0.2) is 48.0 Å². The van der Waals surface area contributed by atoms with Gasteiger partial charge in [0, 0.05) is 12.1 Å². The highest BCUT2D eigenvalue weighted by Crippen LogP contribution is 2.17. The van der Waals surface area contributed by atoms with Gasteiger partial charge in [0.15, 0.2) is 5.84 Å². The fourth-order valence-electron chi connectivity index (χ4n) is 1.72. The monoisotopic (exact) mass is 292 g/mol. The molecule has 0 aliphatic carbocycles. The van der Waals surface area contributed by atoms with Gasteiger partial charge in [0.05, 0.1) is 0 Å². The summed E-state index contributed by atoms with van der Waals surface area (Å²) >= 11 is 0. The highest BCUT2D eigenvalue weighted by Gasteiger charge is 2.28. The Morgan fingerprint density at radius 2 is 1.95 bits per heavy atom. The average Bonchev–Trinajstić information content (AvgIpc) is 2.46. The molecule has 1 aromatic carbocycles. The maximum absolute atomic E-state index is 12.4. The molecule has 0 saturated heterocycles. The normalized spacial score (nSPS) is 14.0. The number of hydrogen-bond acceptors (Lipinski definition) is 4. The topological polar surface area (TPSA) is 91.0 Å². The van der Waals surface area contributed by atoms with E-state index in [1.807, 2.05) is 51.0 Å². The zero-order valence-corrected chi connectivity index (χ0v) is 13.0. The second-order valence-corrected chi connectivity index (χ2v) is 5.79. The van der Waals surface area contributed by atoms with Crippen LogP contribution < -0.4 is 11.1 Å². The third-order valence-electron chi connectivity index (χ3n) is 3.71. The number of likely N-dealkylation sites (N-methyl/N-ethyl adjacent to an activating group) is 1. The molecule has 6 heteroatoms. The van der Waals surface area contributed by atoms with Gasteiger partial charge in [-0.05, 0) is 33.5 Å². The largest absolute Gasteiger partial charge is 0.409 e. The molecule has 0 aliphatic heterocycles. The van der Waals surface area contributed by atoms with Gasteiger partial charge in [0.2, 0.25) is 5.91 Å². The number of nitrogens with one attached hydrogen (secondary N) is 1. The van der Waals surface area contributed by atoms with Crippen molar-refractivity contribution in [2.24, 2.45) is 10.9 Å². The van der Waals surface area contributed by atoms with E-state index in [2.05, 4.69) is 10.5 Å². The van der Waals surface area contributed by atoms with E-state index < -0.39 is 5.92 Å². The third kappa shape index (κ3) is 4.46. The predicted octanol–water partition coefficient (Wildman–Crippen LogP) is 0.973. The minimum absolute atomic E-state index is 0.124. The second kappa shape index (κ2) is 7.08. The first kappa shape index (κ1) is 17.0. The van der Waals surface area contributed by atoms with Gasteiger partial charge in [-0.25, -0.2) is 0 Å². The zero-order valence-electron chi connectivity index (χ0n) is 13.0. The van der Waals surface area contributed by atoms with Crippen LogP contribution in [0.3, 0.4) is 0 Å². The van der Waals surface area contributed by atoms with E-state index in [9.17, 15) is 4.79 Å². The maximum atomic E-state index is 12.4. The molecule has 0 spiro atoms. The number of benzene rings is 1. The molecule has 1 amide bonds. The molecule has 1 aromatic rings. The van der Waals surface area contributed by atoms with E-state index in [-0.39, 0.29) is 17.3 Å². The molecule has 1 rings (SSSR count). The van der Waals surface area contributed by atoms with Crippen molar-refractivity contribution in [3.8, 4) is 0 Å². The first-order chi connectivity index (χ1) is 9.79. The number of carbonyl (C=O) groups excluding carboxylic acids is 1. The lowest BCUT2D eigenvalue weighted by Crippen LogP contribution is -2.50. The number of nitrogens with two attached hydrogens (primary N) is 1. The summed E-state index contributed by atoms with van der Waals surface area (Å²) in [4.78, 5) is 14.4. The van der Waals surface area contributed by atoms with Crippen molar-refractivity contribution in [2.75, 3.05) is 20.6 Å². The molecule has 0 radical (unpaired) electrons. The van der Waals surface area contributed by atoms with Gasteiger partial charge >= 0.3 is 0 Å². The van der Waals surface area contributed by atoms with Crippen LogP contribution in [0.2, 0.25) is 0 Å². The number of amides is 1. The lowest BCUT2D eigenvalue weighted by atomic mass is 9.96. The molecule has 0 saturated carbocycles. The summed E-state index contributed by atoms with van der Waals surface area (Å²) in [6.07, 6.45) is 0. The number of amidine groups is 1. The molecule has 0 heterocycles. The Morgan fingerprint density at radius 1 is 1.38 bits per heavy atom. The molecule has 116 valence electrons. The molecule has 0 aliphatic rings. The Morgan fingerprint density at radius 3 is 2.43 bits per heavy atom. The molecule has 6 nitrogen and oxygen atoms in total. The predicted molar refractivity (Wildman–Crippen MR) is 83.4 cm³/mol. The van der Waals surface area contributed by atoms with Crippen LogP contribution in [0, 0.1) is 0 Å². The maximum Gasteiger partial charge on any atom is 0.235 e. The van der Waals surface area contributed by atoms with Gasteiger partial charge in [0.25, 0.3) is 0 Å². The minimum atomic E-state index is -0.797. The highest BCUT2D eigenvalue weighted by atomic mass is 16.4. The number of oxime groups is 1. The van der Waals surface area contributed by atoms with E-state index in [0.29, 0.717) is 12.1 Å². The van der Waals surface area contributed by atoms with Gasteiger partial charge < -0.3 is 21.2 Å². The Balaban J connectivity index is 2.89. The molecule has 1 atom stereocenters. The van der Waals surface area contributed by atoms with Gasteiger partial charge in [-0.3, -0.25) is 4.79 Å². The zero-order chi connectivity index (χ0) is 16.0. The molecule has 0 fully saturated rings. The molecular weight excluding hydrogens is 268 g/mol. The standard InChI is InChI=1S/C15H24N4O2/c1-15(2,19(3)4)10-17-14(20)12(13(16)18-21)11-8-6-5-7-9-11/h5-9,12,21H,10H2,1-4H3,(H2,16,18)(H,17,20). The quantitative estimate of drug-likeness (QED) is 0.315. The molecular formula is C15H24N4O2. The van der Waals surface area contributed by atoms with Crippen molar-refractivity contribution < 1.29 is 10.0 Å². The summed E-state index contributed by atoms with van der Waals surface area (Å²) in [5.41, 5.74) is 6.17. The fourth-order valence-corrected chi connectivity index (χ4v) is 1.72. The SMILES string of the molecule is CN(C)C(C)(C)CNC(=O)C(C(N)=NO)c1ccccc1. The van der Waals surface area contributed by atoms with Gasteiger partial charge in [-0.1, -0.05) is 35.5 Å². The van der Waals surface area contributed by atoms with Crippen molar-refractivity contribution >= 4 is 11.7 Å². The smallest absolute Gasteiger partial charge is 0.235 e. The summed E-state index contributed by atoms with van der Waals surface area (Å²) in [5, 5.41) is 14.8. The summed E-state index contributed by atoms with van der Waals surface area (Å²) in [5.74, 6) is -1.21. The van der Waals surface area contributed by atoms with E-state index >= 15 is 0 Å². The van der Waals surface area contributed by atoms with E-state index in [1.165, 1.54) is 0 Å². The number of rotatable bonds is 6.